The van der Waals surface area contributed by atoms with Crippen molar-refractivity contribution in [2.24, 2.45) is 5.10 Å². The van der Waals surface area contributed by atoms with E-state index >= 15 is 0 Å². The second-order valence-corrected chi connectivity index (χ2v) is 3.84. The van der Waals surface area contributed by atoms with Gasteiger partial charge in [0.2, 0.25) is 0 Å². The average Bonchev–Trinajstić information content (AvgIpc) is 2.29. The number of hydrazone groups is 1. The zero-order valence-electron chi connectivity index (χ0n) is 9.32. The number of benzene rings is 1. The third kappa shape index (κ3) is 2.79. The number of aryl methyl sites for hydroxylation is 1. The van der Waals surface area contributed by atoms with Gasteiger partial charge in [0, 0.05) is 5.56 Å². The van der Waals surface area contributed by atoms with E-state index in [2.05, 4.69) is 5.10 Å². The van der Waals surface area contributed by atoms with Crippen LogP contribution in [0.25, 0.3) is 0 Å². The molecule has 1 aliphatic heterocycles. The van der Waals surface area contributed by atoms with Crippen LogP contribution in [0.4, 0.5) is 4.39 Å². The van der Waals surface area contributed by atoms with Gasteiger partial charge in [-0.05, 0) is 18.6 Å². The molecule has 1 aliphatic rings. The van der Waals surface area contributed by atoms with E-state index in [1.165, 1.54) is 6.07 Å². The van der Waals surface area contributed by atoms with Gasteiger partial charge in [-0.1, -0.05) is 12.1 Å². The van der Waals surface area contributed by atoms with Crippen LogP contribution < -0.4 is 0 Å². The highest BCUT2D eigenvalue weighted by molar-refractivity contribution is 5.79. The molecular weight excluding hydrogens is 207 g/mol. The maximum atomic E-state index is 13.5. The Bertz CT molecular complexity index is 387. The van der Waals surface area contributed by atoms with Crippen molar-refractivity contribution in [1.82, 2.24) is 5.01 Å². The quantitative estimate of drug-likeness (QED) is 0.713. The Morgan fingerprint density at radius 2 is 2.12 bits per heavy atom. The molecule has 2 rings (SSSR count). The third-order valence-electron chi connectivity index (χ3n) is 2.50. The van der Waals surface area contributed by atoms with Crippen LogP contribution in [0.5, 0.6) is 0 Å². The smallest absolute Gasteiger partial charge is 0.132 e. The zero-order valence-corrected chi connectivity index (χ0v) is 9.32. The molecule has 0 amide bonds. The van der Waals surface area contributed by atoms with Gasteiger partial charge in [0.15, 0.2) is 0 Å². The highest BCUT2D eigenvalue weighted by Gasteiger charge is 2.06. The molecule has 1 fully saturated rings. The molecule has 1 aromatic rings. The second kappa shape index (κ2) is 5.07. The lowest BCUT2D eigenvalue weighted by molar-refractivity contribution is 0.0397. The van der Waals surface area contributed by atoms with E-state index in [-0.39, 0.29) is 5.82 Å². The van der Waals surface area contributed by atoms with E-state index in [1.54, 1.807) is 12.3 Å². The largest absolute Gasteiger partial charge is 0.378 e. The lowest BCUT2D eigenvalue weighted by Crippen LogP contribution is -2.32. The number of ether oxygens (including phenoxy) is 1. The fourth-order valence-electron chi connectivity index (χ4n) is 1.55. The van der Waals surface area contributed by atoms with Crippen LogP contribution in [-0.2, 0) is 4.74 Å². The van der Waals surface area contributed by atoms with Crippen molar-refractivity contribution in [3.05, 3.63) is 35.1 Å². The van der Waals surface area contributed by atoms with Gasteiger partial charge in [-0.15, -0.1) is 0 Å². The Kier molecular flexibility index (Phi) is 3.51. The predicted octanol–water partition coefficient (Wildman–Crippen LogP) is 1.80. The maximum Gasteiger partial charge on any atom is 0.132 e. The van der Waals surface area contributed by atoms with Gasteiger partial charge in [0.05, 0.1) is 32.5 Å². The molecule has 0 saturated carbocycles. The molecule has 1 heterocycles. The summed E-state index contributed by atoms with van der Waals surface area (Å²) in [6.45, 7) is 4.78. The van der Waals surface area contributed by atoms with Crippen LogP contribution in [0.1, 0.15) is 11.1 Å². The van der Waals surface area contributed by atoms with E-state index in [4.69, 9.17) is 4.74 Å². The molecule has 0 atom stereocenters. The van der Waals surface area contributed by atoms with Crippen molar-refractivity contribution < 1.29 is 9.13 Å². The number of hydrogen-bond acceptors (Lipinski definition) is 3. The topological polar surface area (TPSA) is 24.8 Å². The zero-order chi connectivity index (χ0) is 11.4. The summed E-state index contributed by atoms with van der Waals surface area (Å²) in [6.07, 6.45) is 1.57. The van der Waals surface area contributed by atoms with Gasteiger partial charge >= 0.3 is 0 Å². The number of hydrogen-bond donors (Lipinski definition) is 0. The minimum Gasteiger partial charge on any atom is -0.378 e. The molecule has 0 aromatic heterocycles. The van der Waals surface area contributed by atoms with Crippen LogP contribution in [0, 0.1) is 12.7 Å². The first-order chi connectivity index (χ1) is 7.75. The normalized spacial score (nSPS) is 17.0. The van der Waals surface area contributed by atoms with Crippen LogP contribution >= 0.6 is 0 Å². The highest BCUT2D eigenvalue weighted by Crippen LogP contribution is 2.08. The Morgan fingerprint density at radius 1 is 1.38 bits per heavy atom. The predicted molar refractivity (Wildman–Crippen MR) is 61.1 cm³/mol. The van der Waals surface area contributed by atoms with Crippen molar-refractivity contribution >= 4 is 6.21 Å². The van der Waals surface area contributed by atoms with Crippen molar-refractivity contribution in [1.29, 1.82) is 0 Å². The molecule has 0 spiro atoms. The summed E-state index contributed by atoms with van der Waals surface area (Å²) in [4.78, 5) is 0. The summed E-state index contributed by atoms with van der Waals surface area (Å²) in [6, 6.07) is 5.14. The maximum absolute atomic E-state index is 13.5. The molecule has 1 saturated heterocycles. The summed E-state index contributed by atoms with van der Waals surface area (Å²) < 4.78 is 18.7. The number of rotatable bonds is 2. The lowest BCUT2D eigenvalue weighted by Gasteiger charge is -2.23. The number of halogens is 1. The van der Waals surface area contributed by atoms with E-state index in [0.717, 1.165) is 18.7 Å². The molecule has 0 unspecified atom stereocenters. The van der Waals surface area contributed by atoms with Crippen molar-refractivity contribution in [2.45, 2.75) is 6.92 Å². The molecule has 16 heavy (non-hydrogen) atoms. The first kappa shape index (κ1) is 11.1. The van der Waals surface area contributed by atoms with E-state index in [0.29, 0.717) is 18.8 Å². The van der Waals surface area contributed by atoms with E-state index in [1.807, 2.05) is 18.0 Å². The van der Waals surface area contributed by atoms with Crippen molar-refractivity contribution in [3.63, 3.8) is 0 Å². The van der Waals surface area contributed by atoms with Gasteiger partial charge in [-0.25, -0.2) is 4.39 Å². The minimum absolute atomic E-state index is 0.225. The fourth-order valence-corrected chi connectivity index (χ4v) is 1.55. The van der Waals surface area contributed by atoms with Gasteiger partial charge < -0.3 is 4.74 Å². The monoisotopic (exact) mass is 222 g/mol. The van der Waals surface area contributed by atoms with Crippen LogP contribution in [0.2, 0.25) is 0 Å². The Labute approximate surface area is 94.5 Å². The molecule has 4 heteroatoms. The van der Waals surface area contributed by atoms with Crippen LogP contribution in [-0.4, -0.2) is 37.5 Å². The minimum atomic E-state index is -0.225. The second-order valence-electron chi connectivity index (χ2n) is 3.84. The number of morpholine rings is 1. The van der Waals surface area contributed by atoms with E-state index in [9.17, 15) is 4.39 Å². The highest BCUT2D eigenvalue weighted by atomic mass is 19.1. The molecule has 3 nitrogen and oxygen atoms in total. The first-order valence-corrected chi connectivity index (χ1v) is 5.38. The Balaban J connectivity index is 2.04. The molecule has 1 aromatic carbocycles. The van der Waals surface area contributed by atoms with Crippen LogP contribution in [0.15, 0.2) is 23.3 Å². The molecule has 0 N–H and O–H groups in total. The summed E-state index contributed by atoms with van der Waals surface area (Å²) in [5.41, 5.74) is 1.44. The standard InChI is InChI=1S/C12H15FN2O/c1-10-2-3-11(12(13)8-10)9-14-15-4-6-16-7-5-15/h2-3,8-9H,4-7H2,1H3. The molecule has 86 valence electrons. The fraction of sp³-hybridized carbons (Fsp3) is 0.417. The van der Waals surface area contributed by atoms with Gasteiger partial charge in [-0.3, -0.25) is 5.01 Å². The Morgan fingerprint density at radius 3 is 2.81 bits per heavy atom. The molecule has 0 radical (unpaired) electrons. The van der Waals surface area contributed by atoms with Crippen molar-refractivity contribution in [3.8, 4) is 0 Å². The summed E-state index contributed by atoms with van der Waals surface area (Å²) in [7, 11) is 0. The molecule has 0 bridgehead atoms. The average molecular weight is 222 g/mol. The summed E-state index contributed by atoms with van der Waals surface area (Å²) >= 11 is 0. The lowest BCUT2D eigenvalue weighted by atomic mass is 10.1. The Hall–Kier alpha value is -1.42. The number of nitrogens with zero attached hydrogens (tertiary/aromatic N) is 2. The molecule has 0 aliphatic carbocycles. The third-order valence-corrected chi connectivity index (χ3v) is 2.50. The van der Waals surface area contributed by atoms with E-state index < -0.39 is 0 Å². The van der Waals surface area contributed by atoms with Gasteiger partial charge in [0.1, 0.15) is 5.82 Å². The summed E-state index contributed by atoms with van der Waals surface area (Å²) in [5.74, 6) is -0.225. The first-order valence-electron chi connectivity index (χ1n) is 5.38. The molecular formula is C12H15FN2O. The summed E-state index contributed by atoms with van der Waals surface area (Å²) in [5, 5.41) is 6.12. The van der Waals surface area contributed by atoms with Gasteiger partial charge in [-0.2, -0.15) is 5.10 Å². The van der Waals surface area contributed by atoms with Gasteiger partial charge in [0.25, 0.3) is 0 Å². The SMILES string of the molecule is Cc1ccc(C=NN2CCOCC2)c(F)c1. The van der Waals surface area contributed by atoms with Crippen molar-refractivity contribution in [2.75, 3.05) is 26.3 Å². The van der Waals surface area contributed by atoms with Crippen LogP contribution in [0.3, 0.4) is 0 Å².